The molecule has 0 N–H and O–H groups in total. The van der Waals surface area contributed by atoms with Crippen LogP contribution in [0.3, 0.4) is 0 Å². The van der Waals surface area contributed by atoms with Crippen LogP contribution >= 0.6 is 9.24 Å². The van der Waals surface area contributed by atoms with Crippen molar-refractivity contribution in [3.8, 4) is 0 Å². The second-order valence-corrected chi connectivity index (χ2v) is 3.39. The molecule has 0 rings (SSSR count). The maximum atomic E-state index is 12.5. The highest BCUT2D eigenvalue weighted by atomic mass is 31.0. The summed E-state index contributed by atoms with van der Waals surface area (Å²) in [6.07, 6.45) is 0. The van der Waals surface area contributed by atoms with Crippen LogP contribution in [0.1, 0.15) is 13.8 Å². The maximum Gasteiger partial charge on any atom is 0.278 e. The molecule has 0 aromatic carbocycles. The maximum absolute atomic E-state index is 12.5. The van der Waals surface area contributed by atoms with E-state index in [1.54, 1.807) is 0 Å². The lowest BCUT2D eigenvalue weighted by Crippen LogP contribution is -2.43. The number of rotatable bonds is 2. The third-order valence-corrected chi connectivity index (χ3v) is 1.62. The highest BCUT2D eigenvalue weighted by Gasteiger charge is 2.49. The molecular weight excluding hydrogens is 159 g/mol. The minimum atomic E-state index is -3.49. The topological polar surface area (TPSA) is 0 Å². The molecule has 0 fully saturated rings. The van der Waals surface area contributed by atoms with Crippen molar-refractivity contribution in [3.05, 3.63) is 0 Å². The Morgan fingerprint density at radius 2 is 1.60 bits per heavy atom. The first-order chi connectivity index (χ1) is 4.19. The molecule has 0 aliphatic carbocycles. The van der Waals surface area contributed by atoms with Gasteiger partial charge in [-0.15, -0.1) is 9.24 Å². The van der Waals surface area contributed by atoms with Crippen LogP contribution in [0, 0.1) is 5.92 Å². The number of halogens is 3. The van der Waals surface area contributed by atoms with Gasteiger partial charge in [-0.2, -0.15) is 0 Å². The molecule has 0 aliphatic rings. The van der Waals surface area contributed by atoms with Gasteiger partial charge >= 0.3 is 0 Å². The molecular formula is C5H9BF3P. The number of hydrogen-bond donors (Lipinski definition) is 0. The summed E-state index contributed by atoms with van der Waals surface area (Å²) in [7, 11) is 5.85. The summed E-state index contributed by atoms with van der Waals surface area (Å²) >= 11 is 0. The van der Waals surface area contributed by atoms with Gasteiger partial charge in [0.2, 0.25) is 0 Å². The van der Waals surface area contributed by atoms with E-state index >= 15 is 0 Å². The third kappa shape index (κ3) is 1.88. The highest BCUT2D eigenvalue weighted by molar-refractivity contribution is 7.22. The first kappa shape index (κ1) is 10.3. The Labute approximate surface area is 62.2 Å². The Morgan fingerprint density at radius 1 is 1.30 bits per heavy atom. The van der Waals surface area contributed by atoms with E-state index in [1.807, 2.05) is 0 Å². The van der Waals surface area contributed by atoms with Gasteiger partial charge in [0.05, 0.1) is 0 Å². The van der Waals surface area contributed by atoms with Crippen LogP contribution < -0.4 is 0 Å². The number of hydrogen-bond acceptors (Lipinski definition) is 0. The molecule has 0 saturated carbocycles. The van der Waals surface area contributed by atoms with Crippen molar-refractivity contribution < 1.29 is 13.2 Å². The van der Waals surface area contributed by atoms with E-state index in [-0.39, 0.29) is 0 Å². The molecule has 0 aromatic heterocycles. The quantitative estimate of drug-likeness (QED) is 0.436. The molecule has 10 heavy (non-hydrogen) atoms. The Hall–Kier alpha value is 0.285. The normalized spacial score (nSPS) is 19.1. The molecule has 0 bridgehead atoms. The van der Waals surface area contributed by atoms with Gasteiger partial charge in [-0.25, -0.2) is 13.2 Å². The van der Waals surface area contributed by atoms with Gasteiger partial charge in [-0.1, -0.05) is 13.8 Å². The third-order valence-electron chi connectivity index (χ3n) is 1.24. The molecule has 2 atom stereocenters. The SMILES string of the molecule is [B]C(F)(P)C(F)(F)C(C)C. The molecule has 58 valence electrons. The van der Waals surface area contributed by atoms with Gasteiger partial charge in [0.15, 0.2) is 0 Å². The summed E-state index contributed by atoms with van der Waals surface area (Å²) in [6.45, 7) is 2.43. The highest BCUT2D eigenvalue weighted by Crippen LogP contribution is 2.40. The van der Waals surface area contributed by atoms with E-state index in [9.17, 15) is 13.2 Å². The van der Waals surface area contributed by atoms with Gasteiger partial charge in [-0.3, -0.25) is 0 Å². The van der Waals surface area contributed by atoms with E-state index in [4.69, 9.17) is 0 Å². The molecule has 0 saturated heterocycles. The summed E-state index contributed by atoms with van der Waals surface area (Å²) in [4.78, 5) is 0. The molecule has 2 radical (unpaired) electrons. The van der Waals surface area contributed by atoms with E-state index in [0.29, 0.717) is 0 Å². The van der Waals surface area contributed by atoms with Gasteiger partial charge in [-0.05, 0) is 0 Å². The van der Waals surface area contributed by atoms with Crippen LogP contribution in [0.15, 0.2) is 0 Å². The summed E-state index contributed by atoms with van der Waals surface area (Å²) in [6, 6.07) is 0. The molecule has 0 spiro atoms. The van der Waals surface area contributed by atoms with Crippen LogP contribution in [0.2, 0.25) is 0 Å². The van der Waals surface area contributed by atoms with Crippen LogP contribution in [0.25, 0.3) is 0 Å². The first-order valence-electron chi connectivity index (χ1n) is 2.84. The van der Waals surface area contributed by atoms with E-state index in [1.165, 1.54) is 23.1 Å². The van der Waals surface area contributed by atoms with Crippen LogP contribution in [0.4, 0.5) is 13.2 Å². The fourth-order valence-corrected chi connectivity index (χ4v) is 0.776. The lowest BCUT2D eigenvalue weighted by atomic mass is 9.87. The van der Waals surface area contributed by atoms with Crippen LogP contribution in [0.5, 0.6) is 0 Å². The largest absolute Gasteiger partial charge is 0.278 e. The smallest absolute Gasteiger partial charge is 0.244 e. The van der Waals surface area contributed by atoms with Crippen molar-refractivity contribution in [1.29, 1.82) is 0 Å². The van der Waals surface area contributed by atoms with Crippen molar-refractivity contribution in [1.82, 2.24) is 0 Å². The van der Waals surface area contributed by atoms with E-state index in [2.05, 4.69) is 7.85 Å². The van der Waals surface area contributed by atoms with Crippen molar-refractivity contribution in [2.45, 2.75) is 25.1 Å². The Balaban J connectivity index is 4.40. The molecule has 0 aliphatic heterocycles. The minimum Gasteiger partial charge on any atom is -0.244 e. The van der Waals surface area contributed by atoms with Crippen molar-refractivity contribution in [3.63, 3.8) is 0 Å². The summed E-state index contributed by atoms with van der Waals surface area (Å²) < 4.78 is 37.5. The fraction of sp³-hybridized carbons (Fsp3) is 1.00. The lowest BCUT2D eigenvalue weighted by Gasteiger charge is -2.30. The molecule has 2 unspecified atom stereocenters. The first-order valence-corrected chi connectivity index (χ1v) is 3.42. The summed E-state index contributed by atoms with van der Waals surface area (Å²) in [5.41, 5.74) is 0. The predicted octanol–water partition coefficient (Wildman–Crippen LogP) is 1.94. The molecule has 0 nitrogen and oxygen atoms in total. The average Bonchev–Trinajstić information content (AvgIpc) is 1.62. The fourth-order valence-electron chi connectivity index (χ4n) is 0.442. The lowest BCUT2D eigenvalue weighted by molar-refractivity contribution is -0.0938. The Morgan fingerprint density at radius 3 is 1.60 bits per heavy atom. The van der Waals surface area contributed by atoms with E-state index in [0.717, 1.165) is 0 Å². The monoisotopic (exact) mass is 168 g/mol. The van der Waals surface area contributed by atoms with Crippen LogP contribution in [-0.4, -0.2) is 19.1 Å². The van der Waals surface area contributed by atoms with E-state index < -0.39 is 17.1 Å². The second kappa shape index (κ2) is 2.73. The van der Waals surface area contributed by atoms with Gasteiger partial charge in [0.25, 0.3) is 5.92 Å². The summed E-state index contributed by atoms with van der Waals surface area (Å²) in [5.74, 6) is -4.59. The molecule has 0 aromatic rings. The molecule has 0 heterocycles. The average molecular weight is 168 g/mol. The minimum absolute atomic E-state index is 1.10. The molecule has 5 heteroatoms. The zero-order valence-electron chi connectivity index (χ0n) is 5.87. The summed E-state index contributed by atoms with van der Waals surface area (Å²) in [5, 5.41) is -3.00. The van der Waals surface area contributed by atoms with Gasteiger partial charge in [0, 0.05) is 5.92 Å². The zero-order valence-corrected chi connectivity index (χ0v) is 7.02. The molecule has 0 amide bonds. The Kier molecular flexibility index (Phi) is 2.81. The zero-order chi connectivity index (χ0) is 8.58. The number of alkyl halides is 3. The standard InChI is InChI=1S/C5H9BF3P/c1-3(2)4(7,8)5(6,9)10/h3H,10H2,1-2H3. The van der Waals surface area contributed by atoms with Crippen molar-refractivity contribution >= 4 is 17.1 Å². The second-order valence-electron chi connectivity index (χ2n) is 2.55. The Bertz CT molecular complexity index is 119. The van der Waals surface area contributed by atoms with Crippen LogP contribution in [-0.2, 0) is 0 Å². The van der Waals surface area contributed by atoms with Crippen molar-refractivity contribution in [2.24, 2.45) is 5.92 Å². The van der Waals surface area contributed by atoms with Crippen molar-refractivity contribution in [2.75, 3.05) is 0 Å². The predicted molar refractivity (Wildman–Crippen MR) is 39.1 cm³/mol. The van der Waals surface area contributed by atoms with Gasteiger partial charge in [0.1, 0.15) is 13.2 Å². The van der Waals surface area contributed by atoms with Gasteiger partial charge < -0.3 is 0 Å².